The van der Waals surface area contributed by atoms with Gasteiger partial charge in [-0.3, -0.25) is 10.1 Å². The van der Waals surface area contributed by atoms with Crippen LogP contribution in [0.15, 0.2) is 42.6 Å². The van der Waals surface area contributed by atoms with E-state index in [1.165, 1.54) is 37.1 Å². The Kier molecular flexibility index (Phi) is 5.60. The van der Waals surface area contributed by atoms with E-state index in [0.29, 0.717) is 39.2 Å². The number of anilines is 1. The molecule has 2 N–H and O–H groups in total. The fraction of sp³-hybridized carbons (Fsp3) is 0.136. The third kappa shape index (κ3) is 3.70. The van der Waals surface area contributed by atoms with Crippen LogP contribution in [0.4, 0.5) is 11.5 Å². The van der Waals surface area contributed by atoms with Gasteiger partial charge in [0, 0.05) is 23.3 Å². The summed E-state index contributed by atoms with van der Waals surface area (Å²) in [4.78, 5) is 27.0. The van der Waals surface area contributed by atoms with Gasteiger partial charge in [0.25, 0.3) is 5.69 Å². The highest BCUT2D eigenvalue weighted by Crippen LogP contribution is 2.41. The van der Waals surface area contributed by atoms with Gasteiger partial charge in [0.2, 0.25) is 0 Å². The Labute approximate surface area is 192 Å². The quantitative estimate of drug-likeness (QED) is 0.260. The van der Waals surface area contributed by atoms with Crippen molar-refractivity contribution >= 4 is 34.6 Å². The van der Waals surface area contributed by atoms with Crippen molar-refractivity contribution in [2.75, 3.05) is 20.0 Å². The molecule has 0 bridgehead atoms. The van der Waals surface area contributed by atoms with Crippen molar-refractivity contribution in [1.82, 2.24) is 14.6 Å². The number of nitrogens with two attached hydrogens (primary N) is 1. The lowest BCUT2D eigenvalue weighted by Crippen LogP contribution is -2.04. The van der Waals surface area contributed by atoms with E-state index in [1.807, 2.05) is 0 Å². The summed E-state index contributed by atoms with van der Waals surface area (Å²) in [7, 11) is 2.72. The first-order valence-electron chi connectivity index (χ1n) is 9.61. The van der Waals surface area contributed by atoms with Gasteiger partial charge in [0.05, 0.1) is 25.3 Å². The molecule has 0 saturated heterocycles. The zero-order valence-corrected chi connectivity index (χ0v) is 18.6. The number of hydrogen-bond acceptors (Lipinski definition) is 8. The van der Waals surface area contributed by atoms with Crippen LogP contribution in [0.1, 0.15) is 15.9 Å². The van der Waals surface area contributed by atoms with E-state index in [-0.39, 0.29) is 22.2 Å². The number of esters is 1. The summed E-state index contributed by atoms with van der Waals surface area (Å²) >= 11 is 6.35. The maximum absolute atomic E-state index is 12.1. The molecule has 4 rings (SSSR count). The van der Waals surface area contributed by atoms with Crippen LogP contribution in [0.2, 0.25) is 5.15 Å². The number of benzene rings is 2. The molecular formula is C22H18ClN5O5. The number of nitro groups is 1. The number of hydrogen-bond donors (Lipinski definition) is 1. The van der Waals surface area contributed by atoms with Gasteiger partial charge in [-0.2, -0.15) is 5.10 Å². The minimum Gasteiger partial charge on any atom is -0.496 e. The summed E-state index contributed by atoms with van der Waals surface area (Å²) in [5.41, 5.74) is 9.82. The Bertz CT molecular complexity index is 1430. The van der Waals surface area contributed by atoms with Crippen molar-refractivity contribution < 1.29 is 19.2 Å². The molecule has 10 nitrogen and oxygen atoms in total. The molecule has 33 heavy (non-hydrogen) atoms. The summed E-state index contributed by atoms with van der Waals surface area (Å²) in [5.74, 6) is -0.0729. The number of carbonyl (C=O) groups is 1. The van der Waals surface area contributed by atoms with Gasteiger partial charge < -0.3 is 15.2 Å². The number of halogens is 1. The molecule has 0 saturated carbocycles. The predicted molar refractivity (Wildman–Crippen MR) is 123 cm³/mol. The van der Waals surface area contributed by atoms with Crippen LogP contribution in [0.5, 0.6) is 5.75 Å². The van der Waals surface area contributed by atoms with E-state index in [1.54, 1.807) is 31.2 Å². The molecule has 2 aromatic heterocycles. The molecule has 168 valence electrons. The molecule has 0 radical (unpaired) electrons. The third-order valence-corrected chi connectivity index (χ3v) is 5.47. The van der Waals surface area contributed by atoms with Crippen molar-refractivity contribution in [3.63, 3.8) is 0 Å². The summed E-state index contributed by atoms with van der Waals surface area (Å²) < 4.78 is 11.7. The molecule has 4 aromatic rings. The summed E-state index contributed by atoms with van der Waals surface area (Å²) in [6.07, 6.45) is 1.38. The number of ether oxygens (including phenoxy) is 2. The summed E-state index contributed by atoms with van der Waals surface area (Å²) in [5, 5.41) is 16.1. The Morgan fingerprint density at radius 2 is 1.97 bits per heavy atom. The summed E-state index contributed by atoms with van der Waals surface area (Å²) in [6.45, 7) is 1.75. The van der Waals surface area contributed by atoms with Crippen molar-refractivity contribution in [3.8, 4) is 28.1 Å². The van der Waals surface area contributed by atoms with Crippen LogP contribution in [0.25, 0.3) is 27.9 Å². The first kappa shape index (κ1) is 22.0. The second-order valence-electron chi connectivity index (χ2n) is 7.11. The van der Waals surface area contributed by atoms with E-state index in [4.69, 9.17) is 26.8 Å². The molecule has 0 aliphatic rings. The lowest BCUT2D eigenvalue weighted by atomic mass is 9.96. The van der Waals surface area contributed by atoms with Crippen LogP contribution in [-0.4, -0.2) is 39.7 Å². The lowest BCUT2D eigenvalue weighted by Gasteiger charge is -2.11. The van der Waals surface area contributed by atoms with E-state index < -0.39 is 10.9 Å². The average molecular weight is 468 g/mol. The minimum atomic E-state index is -0.547. The fourth-order valence-corrected chi connectivity index (χ4v) is 3.83. The molecule has 0 unspecified atom stereocenters. The minimum absolute atomic E-state index is 0.0372. The fourth-order valence-electron chi connectivity index (χ4n) is 3.66. The number of nitrogens with zero attached hydrogens (tertiary/aromatic N) is 4. The molecule has 0 aliphatic carbocycles. The number of rotatable bonds is 5. The van der Waals surface area contributed by atoms with Gasteiger partial charge in [0.1, 0.15) is 33.5 Å². The van der Waals surface area contributed by atoms with E-state index in [9.17, 15) is 14.9 Å². The van der Waals surface area contributed by atoms with E-state index in [0.717, 1.165) is 0 Å². The largest absolute Gasteiger partial charge is 0.496 e. The molecule has 0 amide bonds. The lowest BCUT2D eigenvalue weighted by molar-refractivity contribution is -0.384. The Hall–Kier alpha value is -4.18. The molecule has 2 heterocycles. The van der Waals surface area contributed by atoms with Crippen LogP contribution < -0.4 is 10.5 Å². The second kappa shape index (κ2) is 8.40. The van der Waals surface area contributed by atoms with Gasteiger partial charge in [-0.05, 0) is 36.2 Å². The number of nitro benzene ring substituents is 1. The number of methoxy groups -OCH3 is 2. The zero-order valence-electron chi connectivity index (χ0n) is 17.8. The topological polar surface area (TPSA) is 135 Å². The number of fused-ring (bicyclic) bond motifs is 1. The standard InChI is InChI=1S/C22H18ClN5O5/c1-11-8-13(28(30)31)5-7-14(11)19-18(20-21(24)25-10-17(23)27(20)26-19)12-4-6-15(22(29)33-3)16(9-12)32-2/h4-10H,1-3H3,(H2,24,25). The van der Waals surface area contributed by atoms with Gasteiger partial charge in [-0.1, -0.05) is 17.7 Å². The van der Waals surface area contributed by atoms with Gasteiger partial charge in [0.15, 0.2) is 0 Å². The smallest absolute Gasteiger partial charge is 0.341 e. The van der Waals surface area contributed by atoms with E-state index >= 15 is 0 Å². The third-order valence-electron chi connectivity index (χ3n) is 5.21. The first-order valence-corrected chi connectivity index (χ1v) is 9.99. The number of aryl methyl sites for hydroxylation is 1. The van der Waals surface area contributed by atoms with Crippen molar-refractivity contribution in [2.45, 2.75) is 6.92 Å². The highest BCUT2D eigenvalue weighted by Gasteiger charge is 2.24. The first-order chi connectivity index (χ1) is 15.8. The van der Waals surface area contributed by atoms with Crippen molar-refractivity contribution in [2.24, 2.45) is 0 Å². The molecule has 11 heteroatoms. The molecule has 0 aliphatic heterocycles. The monoisotopic (exact) mass is 467 g/mol. The average Bonchev–Trinajstić information content (AvgIpc) is 3.22. The number of carbonyl (C=O) groups excluding carboxylic acids is 1. The highest BCUT2D eigenvalue weighted by atomic mass is 35.5. The van der Waals surface area contributed by atoms with Crippen molar-refractivity contribution in [3.05, 3.63) is 69.0 Å². The Balaban J connectivity index is 2.05. The molecule has 0 fully saturated rings. The Morgan fingerprint density at radius 1 is 1.21 bits per heavy atom. The van der Waals surface area contributed by atoms with Crippen LogP contribution in [0.3, 0.4) is 0 Å². The molecule has 2 aromatic carbocycles. The SMILES string of the molecule is COC(=O)c1ccc(-c2c(-c3ccc([N+](=O)[O-])cc3C)nn3c(Cl)cnc(N)c23)cc1OC. The number of nitrogen functional groups attached to an aromatic ring is 1. The number of aromatic nitrogens is 3. The van der Waals surface area contributed by atoms with Gasteiger partial charge in [-0.25, -0.2) is 14.3 Å². The van der Waals surface area contributed by atoms with Gasteiger partial charge in [-0.15, -0.1) is 0 Å². The van der Waals surface area contributed by atoms with Crippen LogP contribution >= 0.6 is 11.6 Å². The van der Waals surface area contributed by atoms with Crippen LogP contribution in [0, 0.1) is 17.0 Å². The van der Waals surface area contributed by atoms with Crippen LogP contribution in [-0.2, 0) is 4.74 Å². The highest BCUT2D eigenvalue weighted by molar-refractivity contribution is 6.29. The molecule has 0 spiro atoms. The molecule has 0 atom stereocenters. The van der Waals surface area contributed by atoms with Crippen molar-refractivity contribution in [1.29, 1.82) is 0 Å². The van der Waals surface area contributed by atoms with Gasteiger partial charge >= 0.3 is 5.97 Å². The predicted octanol–water partition coefficient (Wildman–Crippen LogP) is 4.31. The summed E-state index contributed by atoms with van der Waals surface area (Å²) in [6, 6.07) is 9.43. The molecular weight excluding hydrogens is 450 g/mol. The normalized spacial score (nSPS) is 10.9. The zero-order chi connectivity index (χ0) is 23.9. The maximum atomic E-state index is 12.1. The number of non-ortho nitro benzene ring substituents is 1. The second-order valence-corrected chi connectivity index (χ2v) is 7.50. The van der Waals surface area contributed by atoms with E-state index in [2.05, 4.69) is 10.1 Å². The Morgan fingerprint density at radius 3 is 2.61 bits per heavy atom. The maximum Gasteiger partial charge on any atom is 0.341 e.